The lowest BCUT2D eigenvalue weighted by molar-refractivity contribution is -0.137. The third-order valence-corrected chi connectivity index (χ3v) is 9.18. The molecule has 1 saturated heterocycles. The molecule has 0 radical (unpaired) electrons. The number of aromatic nitrogens is 1. The van der Waals surface area contributed by atoms with Gasteiger partial charge in [0.15, 0.2) is 9.84 Å². The molecule has 2 heterocycles. The van der Waals surface area contributed by atoms with E-state index in [1.807, 2.05) is 11.0 Å². The molecular weight excluding hydrogens is 625 g/mol. The van der Waals surface area contributed by atoms with Crippen molar-refractivity contribution in [1.29, 1.82) is 5.26 Å². The van der Waals surface area contributed by atoms with Crippen molar-refractivity contribution in [2.45, 2.75) is 49.5 Å². The van der Waals surface area contributed by atoms with Crippen LogP contribution in [0.4, 0.5) is 28.0 Å². The van der Waals surface area contributed by atoms with Crippen LogP contribution in [0.2, 0.25) is 0 Å². The number of alkyl halides is 5. The number of nitrogens with zero attached hydrogens (tertiary/aromatic N) is 4. The van der Waals surface area contributed by atoms with E-state index in [4.69, 9.17) is 10.2 Å². The minimum Gasteiger partial charge on any atom is -0.418 e. The van der Waals surface area contributed by atoms with Gasteiger partial charge in [-0.1, -0.05) is 31.2 Å². The van der Waals surface area contributed by atoms with Crippen molar-refractivity contribution in [1.82, 2.24) is 9.88 Å². The summed E-state index contributed by atoms with van der Waals surface area (Å²) in [5.74, 6) is -2.29. The van der Waals surface area contributed by atoms with Crippen molar-refractivity contribution in [2.24, 2.45) is 5.73 Å². The molecule has 1 aliphatic heterocycles. The van der Waals surface area contributed by atoms with Crippen LogP contribution in [0.25, 0.3) is 0 Å². The quantitative estimate of drug-likeness (QED) is 0.278. The summed E-state index contributed by atoms with van der Waals surface area (Å²) in [7, 11) is -3.49. The summed E-state index contributed by atoms with van der Waals surface area (Å²) >= 11 is 0. The number of sulfone groups is 1. The number of amides is 1. The van der Waals surface area contributed by atoms with Crippen molar-refractivity contribution in [3.63, 3.8) is 0 Å². The molecule has 0 unspecified atom stereocenters. The summed E-state index contributed by atoms with van der Waals surface area (Å²) < 4.78 is 99.8. The monoisotopic (exact) mass is 655 g/mol. The van der Waals surface area contributed by atoms with Crippen LogP contribution in [0.1, 0.15) is 52.2 Å². The zero-order valence-electron chi connectivity index (χ0n) is 24.0. The number of carbonyl (C=O) groups excluding carboxylic acids is 1. The second-order valence-electron chi connectivity index (χ2n) is 10.3. The Morgan fingerprint density at radius 1 is 1.16 bits per heavy atom. The number of benzene rings is 2. The SMILES string of the molecule is CCS(=O)(=O)c1ccc([C@H](CC#N)c2nc(N3CCN(Cc4ccc(C(F)(F)F)cc4)C[C@H]3COC(F)F)oc2C(N)=O)cc1. The number of oxazole rings is 1. The number of nitriles is 1. The summed E-state index contributed by atoms with van der Waals surface area (Å²) in [6, 6.07) is 11.5. The van der Waals surface area contributed by atoms with Crippen LogP contribution in [0.3, 0.4) is 0 Å². The van der Waals surface area contributed by atoms with Gasteiger partial charge in [-0.2, -0.15) is 32.2 Å². The number of hydrogen-bond donors (Lipinski definition) is 1. The fourth-order valence-electron chi connectivity index (χ4n) is 5.09. The number of ether oxygens (including phenoxy) is 1. The van der Waals surface area contributed by atoms with Gasteiger partial charge in [0.2, 0.25) is 5.76 Å². The Hall–Kier alpha value is -4.07. The molecule has 1 fully saturated rings. The molecule has 242 valence electrons. The van der Waals surface area contributed by atoms with Crippen LogP contribution in [0, 0.1) is 11.3 Å². The Labute approximate surface area is 256 Å². The predicted octanol–water partition coefficient (Wildman–Crippen LogP) is 4.56. The van der Waals surface area contributed by atoms with Gasteiger partial charge < -0.3 is 19.8 Å². The van der Waals surface area contributed by atoms with Gasteiger partial charge >= 0.3 is 12.8 Å². The number of rotatable bonds is 12. The Morgan fingerprint density at radius 3 is 2.38 bits per heavy atom. The Bertz CT molecular complexity index is 1620. The molecule has 0 aliphatic carbocycles. The topological polar surface area (TPSA) is 143 Å². The third kappa shape index (κ3) is 8.16. The predicted molar refractivity (Wildman–Crippen MR) is 151 cm³/mol. The van der Waals surface area contributed by atoms with Gasteiger partial charge in [0.05, 0.1) is 34.9 Å². The molecule has 0 spiro atoms. The number of halogens is 5. The molecule has 1 aromatic heterocycles. The Morgan fingerprint density at radius 2 is 1.82 bits per heavy atom. The van der Waals surface area contributed by atoms with E-state index in [2.05, 4.69) is 9.72 Å². The summed E-state index contributed by atoms with van der Waals surface area (Å²) in [4.78, 5) is 20.4. The number of carbonyl (C=O) groups is 1. The molecule has 16 heteroatoms. The first-order valence-corrected chi connectivity index (χ1v) is 15.4. The molecule has 3 aromatic rings. The van der Waals surface area contributed by atoms with Gasteiger partial charge in [0.25, 0.3) is 11.9 Å². The highest BCUT2D eigenvalue weighted by Gasteiger charge is 2.35. The first-order valence-electron chi connectivity index (χ1n) is 13.8. The van der Waals surface area contributed by atoms with E-state index in [0.29, 0.717) is 17.7 Å². The van der Waals surface area contributed by atoms with Gasteiger partial charge in [-0.25, -0.2) is 8.42 Å². The Kier molecular flexibility index (Phi) is 10.5. The van der Waals surface area contributed by atoms with Gasteiger partial charge in [-0.05, 0) is 35.4 Å². The van der Waals surface area contributed by atoms with E-state index in [9.17, 15) is 40.4 Å². The maximum Gasteiger partial charge on any atom is 0.416 e. The van der Waals surface area contributed by atoms with E-state index in [1.54, 1.807) is 0 Å². The highest BCUT2D eigenvalue weighted by molar-refractivity contribution is 7.91. The maximum absolute atomic E-state index is 13.1. The first-order chi connectivity index (χ1) is 21.2. The van der Waals surface area contributed by atoms with Crippen molar-refractivity contribution in [3.8, 4) is 6.07 Å². The second kappa shape index (κ2) is 13.9. The maximum atomic E-state index is 13.1. The van der Waals surface area contributed by atoms with Crippen LogP contribution in [0.15, 0.2) is 57.8 Å². The highest BCUT2D eigenvalue weighted by Crippen LogP contribution is 2.34. The van der Waals surface area contributed by atoms with Crippen LogP contribution in [-0.4, -0.2) is 68.9 Å². The van der Waals surface area contributed by atoms with Gasteiger partial charge in [0, 0.05) is 38.5 Å². The van der Waals surface area contributed by atoms with Gasteiger partial charge in [-0.15, -0.1) is 0 Å². The fourth-order valence-corrected chi connectivity index (χ4v) is 5.98. The number of piperazine rings is 1. The zero-order valence-corrected chi connectivity index (χ0v) is 24.8. The summed E-state index contributed by atoms with van der Waals surface area (Å²) in [6.07, 6.45) is -4.66. The summed E-state index contributed by atoms with van der Waals surface area (Å²) in [6.45, 7) is -1.21. The molecule has 1 aliphatic rings. The minimum atomic E-state index is -4.48. The normalized spacial score (nSPS) is 16.9. The number of hydrogen-bond acceptors (Lipinski definition) is 9. The molecule has 1 amide bonds. The number of nitrogens with two attached hydrogens (primary N) is 1. The van der Waals surface area contributed by atoms with Crippen LogP contribution < -0.4 is 10.6 Å². The van der Waals surface area contributed by atoms with Crippen LogP contribution in [0.5, 0.6) is 0 Å². The standard InChI is InChI=1S/C29H30F5N5O5S/c1-2-45(41,42)22-9-5-19(6-10-22)23(11-12-35)24-25(26(36)40)44-28(37-24)39-14-13-38(16-21(39)17-43-27(30)31)15-18-3-7-20(8-4-18)29(32,33)34/h3-10,21,23,27H,2,11,13-17H2,1H3,(H2,36,40)/t21-,23-/m0/s1. The van der Waals surface area contributed by atoms with Crippen molar-refractivity contribution in [2.75, 3.05) is 36.9 Å². The van der Waals surface area contributed by atoms with E-state index >= 15 is 0 Å². The van der Waals surface area contributed by atoms with E-state index in [0.717, 1.165) is 12.1 Å². The van der Waals surface area contributed by atoms with Crippen LogP contribution >= 0.6 is 0 Å². The van der Waals surface area contributed by atoms with E-state index in [1.165, 1.54) is 48.2 Å². The second-order valence-corrected chi connectivity index (χ2v) is 12.6. The average Bonchev–Trinajstić information content (AvgIpc) is 3.44. The molecule has 2 N–H and O–H groups in total. The van der Waals surface area contributed by atoms with E-state index in [-0.39, 0.29) is 54.2 Å². The fraction of sp³-hybridized carbons (Fsp3) is 0.414. The highest BCUT2D eigenvalue weighted by atomic mass is 32.2. The molecule has 0 bridgehead atoms. The lowest BCUT2D eigenvalue weighted by Crippen LogP contribution is -2.55. The van der Waals surface area contributed by atoms with Crippen LogP contribution in [-0.2, 0) is 27.3 Å². The average molecular weight is 656 g/mol. The van der Waals surface area contributed by atoms with Gasteiger partial charge in [0.1, 0.15) is 5.69 Å². The molecule has 2 aromatic carbocycles. The molecule has 45 heavy (non-hydrogen) atoms. The molecular formula is C29H30F5N5O5S. The Balaban J connectivity index is 1.62. The lowest BCUT2D eigenvalue weighted by Gasteiger charge is -2.40. The van der Waals surface area contributed by atoms with E-state index < -0.39 is 52.7 Å². The van der Waals surface area contributed by atoms with Gasteiger partial charge in [-0.3, -0.25) is 9.69 Å². The lowest BCUT2D eigenvalue weighted by atomic mass is 9.92. The smallest absolute Gasteiger partial charge is 0.416 e. The number of anilines is 1. The van der Waals surface area contributed by atoms with Crippen molar-refractivity contribution >= 4 is 21.8 Å². The first kappa shape index (κ1) is 33.8. The number of primary amides is 1. The summed E-state index contributed by atoms with van der Waals surface area (Å²) in [5.41, 5.74) is 5.87. The largest absolute Gasteiger partial charge is 0.418 e. The van der Waals surface area contributed by atoms with Crippen molar-refractivity contribution < 1.29 is 44.3 Å². The minimum absolute atomic E-state index is 0.0193. The molecule has 10 nitrogen and oxygen atoms in total. The molecule has 2 atom stereocenters. The molecule has 4 rings (SSSR count). The summed E-state index contributed by atoms with van der Waals surface area (Å²) in [5, 5.41) is 9.56. The third-order valence-electron chi connectivity index (χ3n) is 7.43. The van der Waals surface area contributed by atoms with Crippen molar-refractivity contribution in [3.05, 3.63) is 76.7 Å². The molecule has 0 saturated carbocycles. The zero-order chi connectivity index (χ0) is 32.9.